The van der Waals surface area contributed by atoms with Crippen molar-refractivity contribution in [1.82, 2.24) is 5.32 Å². The summed E-state index contributed by atoms with van der Waals surface area (Å²) >= 11 is 9.62. The molecule has 2 aromatic carbocycles. The van der Waals surface area contributed by atoms with Crippen molar-refractivity contribution in [3.8, 4) is 5.75 Å². The molecule has 0 saturated carbocycles. The molecule has 0 bridgehead atoms. The molecule has 1 unspecified atom stereocenters. The van der Waals surface area contributed by atoms with Crippen molar-refractivity contribution in [3.05, 3.63) is 62.6 Å². The van der Waals surface area contributed by atoms with Gasteiger partial charge in [-0.15, -0.1) is 0 Å². The Bertz CT molecular complexity index is 630. The summed E-state index contributed by atoms with van der Waals surface area (Å²) in [6.45, 7) is 2.09. The van der Waals surface area contributed by atoms with E-state index in [-0.39, 0.29) is 6.04 Å². The van der Waals surface area contributed by atoms with E-state index in [0.717, 1.165) is 21.7 Å². The number of rotatable bonds is 5. The lowest BCUT2D eigenvalue weighted by Gasteiger charge is -2.20. The molecule has 0 amide bonds. The van der Waals surface area contributed by atoms with Gasteiger partial charge < -0.3 is 10.1 Å². The van der Waals surface area contributed by atoms with Crippen LogP contribution in [0.4, 0.5) is 0 Å². The molecule has 2 rings (SSSR count). The molecule has 2 aromatic rings. The van der Waals surface area contributed by atoms with Crippen LogP contribution in [0.5, 0.6) is 5.75 Å². The molecule has 0 spiro atoms. The summed E-state index contributed by atoms with van der Waals surface area (Å²) in [6, 6.07) is 12.3. The lowest BCUT2D eigenvalue weighted by molar-refractivity contribution is 0.406. The van der Waals surface area contributed by atoms with Gasteiger partial charge in [0.2, 0.25) is 0 Å². The first-order valence-corrected chi connectivity index (χ1v) is 7.98. The van der Waals surface area contributed by atoms with Crippen LogP contribution in [0.25, 0.3) is 0 Å². The van der Waals surface area contributed by atoms with Crippen LogP contribution in [-0.4, -0.2) is 14.2 Å². The molecular formula is C17H19BrClNO. The average Bonchev–Trinajstić information content (AvgIpc) is 2.45. The van der Waals surface area contributed by atoms with Gasteiger partial charge in [0.05, 0.1) is 7.11 Å². The van der Waals surface area contributed by atoms with Crippen LogP contribution < -0.4 is 10.1 Å². The Morgan fingerprint density at radius 1 is 1.24 bits per heavy atom. The van der Waals surface area contributed by atoms with E-state index in [0.29, 0.717) is 0 Å². The first-order chi connectivity index (χ1) is 10.0. The standard InChI is InChI=1S/C17H19BrClNO/c1-11-4-7-17(21-3)12(8-11)9-16(20-2)14-6-5-13(19)10-15(14)18/h4-8,10,16,20H,9H2,1-3H3. The summed E-state index contributed by atoms with van der Waals surface area (Å²) in [4.78, 5) is 0. The van der Waals surface area contributed by atoms with Gasteiger partial charge in [-0.05, 0) is 49.7 Å². The molecule has 0 radical (unpaired) electrons. The largest absolute Gasteiger partial charge is 0.496 e. The highest BCUT2D eigenvalue weighted by molar-refractivity contribution is 9.10. The minimum absolute atomic E-state index is 0.187. The van der Waals surface area contributed by atoms with Crippen LogP contribution >= 0.6 is 27.5 Å². The number of ether oxygens (including phenoxy) is 1. The van der Waals surface area contributed by atoms with E-state index < -0.39 is 0 Å². The van der Waals surface area contributed by atoms with Gasteiger partial charge in [0.25, 0.3) is 0 Å². The molecule has 0 aliphatic heterocycles. The zero-order valence-corrected chi connectivity index (χ0v) is 14.8. The molecule has 0 aliphatic carbocycles. The molecule has 0 aromatic heterocycles. The summed E-state index contributed by atoms with van der Waals surface area (Å²) in [6.07, 6.45) is 0.849. The predicted octanol–water partition coefficient (Wildman–Crippen LogP) is 4.92. The summed E-state index contributed by atoms with van der Waals surface area (Å²) < 4.78 is 6.49. The minimum Gasteiger partial charge on any atom is -0.496 e. The van der Waals surface area contributed by atoms with Crippen molar-refractivity contribution >= 4 is 27.5 Å². The first-order valence-electron chi connectivity index (χ1n) is 6.81. The molecule has 0 saturated heterocycles. The molecule has 0 heterocycles. The Balaban J connectivity index is 2.33. The Labute approximate surface area is 139 Å². The van der Waals surface area contributed by atoms with Crippen LogP contribution in [0.3, 0.4) is 0 Å². The molecular weight excluding hydrogens is 350 g/mol. The SMILES string of the molecule is CNC(Cc1cc(C)ccc1OC)c1ccc(Cl)cc1Br. The molecule has 0 aliphatic rings. The van der Waals surface area contributed by atoms with Gasteiger partial charge in [0.1, 0.15) is 5.75 Å². The zero-order valence-electron chi connectivity index (χ0n) is 12.4. The molecule has 0 fully saturated rings. The number of aryl methyl sites for hydroxylation is 1. The highest BCUT2D eigenvalue weighted by Gasteiger charge is 2.16. The quantitative estimate of drug-likeness (QED) is 0.808. The zero-order chi connectivity index (χ0) is 15.4. The maximum atomic E-state index is 6.02. The number of hydrogen-bond donors (Lipinski definition) is 1. The van der Waals surface area contributed by atoms with Crippen molar-refractivity contribution in [3.63, 3.8) is 0 Å². The fourth-order valence-electron chi connectivity index (χ4n) is 2.44. The number of likely N-dealkylation sites (N-methyl/N-ethyl adjacent to an activating group) is 1. The summed E-state index contributed by atoms with van der Waals surface area (Å²) in [5.74, 6) is 0.922. The van der Waals surface area contributed by atoms with Gasteiger partial charge in [-0.3, -0.25) is 0 Å². The second-order valence-corrected chi connectivity index (χ2v) is 6.32. The summed E-state index contributed by atoms with van der Waals surface area (Å²) in [5.41, 5.74) is 3.61. The van der Waals surface area contributed by atoms with E-state index in [1.807, 2.05) is 25.2 Å². The molecule has 4 heteroatoms. The highest BCUT2D eigenvalue weighted by Crippen LogP contribution is 2.31. The summed E-state index contributed by atoms with van der Waals surface area (Å²) in [5, 5.41) is 4.10. The maximum Gasteiger partial charge on any atom is 0.122 e. The lowest BCUT2D eigenvalue weighted by Crippen LogP contribution is -2.19. The smallest absolute Gasteiger partial charge is 0.122 e. The van der Waals surface area contributed by atoms with Crippen molar-refractivity contribution in [1.29, 1.82) is 0 Å². The van der Waals surface area contributed by atoms with E-state index in [2.05, 4.69) is 46.4 Å². The Morgan fingerprint density at radius 3 is 2.62 bits per heavy atom. The normalized spacial score (nSPS) is 12.2. The van der Waals surface area contributed by atoms with Crippen molar-refractivity contribution < 1.29 is 4.74 Å². The Morgan fingerprint density at radius 2 is 2.00 bits per heavy atom. The van der Waals surface area contributed by atoms with E-state index in [1.165, 1.54) is 16.7 Å². The topological polar surface area (TPSA) is 21.3 Å². The van der Waals surface area contributed by atoms with Crippen LogP contribution in [-0.2, 0) is 6.42 Å². The minimum atomic E-state index is 0.187. The maximum absolute atomic E-state index is 6.02. The highest BCUT2D eigenvalue weighted by atomic mass is 79.9. The number of halogens is 2. The first kappa shape index (κ1) is 16.3. The van der Waals surface area contributed by atoms with Crippen molar-refractivity contribution in [2.24, 2.45) is 0 Å². The van der Waals surface area contributed by atoms with Gasteiger partial charge in [-0.25, -0.2) is 0 Å². The molecule has 21 heavy (non-hydrogen) atoms. The second kappa shape index (κ2) is 7.30. The third kappa shape index (κ3) is 4.00. The molecule has 112 valence electrons. The predicted molar refractivity (Wildman–Crippen MR) is 92.4 cm³/mol. The van der Waals surface area contributed by atoms with E-state index in [9.17, 15) is 0 Å². The number of benzene rings is 2. The van der Waals surface area contributed by atoms with Crippen molar-refractivity contribution in [2.75, 3.05) is 14.2 Å². The molecule has 1 N–H and O–H groups in total. The van der Waals surface area contributed by atoms with Crippen LogP contribution in [0.15, 0.2) is 40.9 Å². The molecule has 2 nitrogen and oxygen atoms in total. The number of methoxy groups -OCH3 is 1. The number of hydrogen-bond acceptors (Lipinski definition) is 2. The van der Waals surface area contributed by atoms with E-state index >= 15 is 0 Å². The van der Waals surface area contributed by atoms with Gasteiger partial charge in [-0.2, -0.15) is 0 Å². The third-order valence-corrected chi connectivity index (χ3v) is 4.47. The lowest BCUT2D eigenvalue weighted by atomic mass is 9.97. The Hall–Kier alpha value is -1.03. The monoisotopic (exact) mass is 367 g/mol. The second-order valence-electron chi connectivity index (χ2n) is 5.03. The van der Waals surface area contributed by atoms with Crippen LogP contribution in [0, 0.1) is 6.92 Å². The van der Waals surface area contributed by atoms with Crippen LogP contribution in [0.1, 0.15) is 22.7 Å². The van der Waals surface area contributed by atoms with E-state index in [1.54, 1.807) is 7.11 Å². The molecule has 1 atom stereocenters. The van der Waals surface area contributed by atoms with Crippen molar-refractivity contribution in [2.45, 2.75) is 19.4 Å². The average molecular weight is 369 g/mol. The van der Waals surface area contributed by atoms with Crippen LogP contribution in [0.2, 0.25) is 5.02 Å². The summed E-state index contributed by atoms with van der Waals surface area (Å²) in [7, 11) is 3.68. The fraction of sp³-hybridized carbons (Fsp3) is 0.294. The van der Waals surface area contributed by atoms with Gasteiger partial charge in [0, 0.05) is 15.5 Å². The van der Waals surface area contributed by atoms with Gasteiger partial charge in [-0.1, -0.05) is 51.3 Å². The van der Waals surface area contributed by atoms with Gasteiger partial charge in [0.15, 0.2) is 0 Å². The Kier molecular flexibility index (Phi) is 5.68. The number of nitrogens with one attached hydrogen (secondary N) is 1. The van der Waals surface area contributed by atoms with E-state index in [4.69, 9.17) is 16.3 Å². The van der Waals surface area contributed by atoms with Gasteiger partial charge >= 0.3 is 0 Å². The fourth-order valence-corrected chi connectivity index (χ4v) is 3.40. The third-order valence-electron chi connectivity index (χ3n) is 3.55.